The fourth-order valence-corrected chi connectivity index (χ4v) is 3.11. The van der Waals surface area contributed by atoms with E-state index in [4.69, 9.17) is 5.11 Å². The first-order chi connectivity index (χ1) is 9.99. The van der Waals surface area contributed by atoms with Gasteiger partial charge < -0.3 is 10.0 Å². The Bertz CT molecular complexity index is 568. The number of carbonyl (C=O) groups excluding carboxylic acids is 1. The Kier molecular flexibility index (Phi) is 3.43. The van der Waals surface area contributed by atoms with Crippen molar-refractivity contribution < 1.29 is 19.1 Å². The molecule has 0 aromatic carbocycles. The zero-order valence-electron chi connectivity index (χ0n) is 11.7. The lowest BCUT2D eigenvalue weighted by molar-refractivity contribution is -0.149. The van der Waals surface area contributed by atoms with Gasteiger partial charge in [0.2, 0.25) is 5.67 Å². The lowest BCUT2D eigenvalue weighted by atomic mass is 10.1. The van der Waals surface area contributed by atoms with Gasteiger partial charge >= 0.3 is 5.97 Å². The minimum atomic E-state index is -2.33. The molecular formula is C14H18FN3O3. The molecule has 1 aromatic heterocycles. The topological polar surface area (TPSA) is 75.4 Å². The van der Waals surface area contributed by atoms with Gasteiger partial charge in [-0.25, -0.2) is 9.18 Å². The monoisotopic (exact) mass is 295 g/mol. The van der Waals surface area contributed by atoms with Crippen LogP contribution in [0.1, 0.15) is 48.6 Å². The number of carboxylic acids is 1. The van der Waals surface area contributed by atoms with Gasteiger partial charge in [0.15, 0.2) is 0 Å². The smallest absolute Gasteiger partial charge is 0.343 e. The number of aliphatic carboxylic acids is 1. The standard InChI is InChI=1S/C14H18FN3O3/c15-14(13(20)21)6-8-17(9-14)12(19)11-5-7-18(16-11)10-3-1-2-4-10/h5,7,10H,1-4,6,8-9H2,(H,20,21). The fourth-order valence-electron chi connectivity index (χ4n) is 3.11. The molecule has 0 spiro atoms. The molecule has 21 heavy (non-hydrogen) atoms. The van der Waals surface area contributed by atoms with Crippen molar-refractivity contribution in [3.8, 4) is 0 Å². The molecule has 0 bridgehead atoms. The van der Waals surface area contributed by atoms with Gasteiger partial charge in [0.1, 0.15) is 5.69 Å². The summed E-state index contributed by atoms with van der Waals surface area (Å²) >= 11 is 0. The molecule has 2 aliphatic rings. The highest BCUT2D eigenvalue weighted by Gasteiger charge is 2.47. The van der Waals surface area contributed by atoms with Crippen molar-refractivity contribution in [2.75, 3.05) is 13.1 Å². The van der Waals surface area contributed by atoms with E-state index in [-0.39, 0.29) is 18.7 Å². The van der Waals surface area contributed by atoms with Crippen LogP contribution in [0.5, 0.6) is 0 Å². The number of amides is 1. The van der Waals surface area contributed by atoms with Crippen LogP contribution in [0.2, 0.25) is 0 Å². The first kappa shape index (κ1) is 14.0. The molecule has 7 heteroatoms. The van der Waals surface area contributed by atoms with Crippen LogP contribution in [-0.2, 0) is 4.79 Å². The maximum absolute atomic E-state index is 14.0. The molecule has 1 unspecified atom stereocenters. The van der Waals surface area contributed by atoms with Gasteiger partial charge in [-0.15, -0.1) is 0 Å². The van der Waals surface area contributed by atoms with E-state index in [1.165, 1.54) is 17.7 Å². The van der Waals surface area contributed by atoms with Crippen LogP contribution in [0, 0.1) is 0 Å². The van der Waals surface area contributed by atoms with Crippen molar-refractivity contribution in [3.05, 3.63) is 18.0 Å². The molecule has 1 atom stereocenters. The molecule has 2 heterocycles. The third-order valence-corrected chi connectivity index (χ3v) is 4.42. The van der Waals surface area contributed by atoms with E-state index in [0.717, 1.165) is 12.8 Å². The van der Waals surface area contributed by atoms with E-state index in [1.807, 2.05) is 0 Å². The highest BCUT2D eigenvalue weighted by Crippen LogP contribution is 2.30. The van der Waals surface area contributed by atoms with Crippen LogP contribution >= 0.6 is 0 Å². The summed E-state index contributed by atoms with van der Waals surface area (Å²) in [6.45, 7) is -0.296. The van der Waals surface area contributed by atoms with Crippen molar-refractivity contribution in [1.29, 1.82) is 0 Å². The summed E-state index contributed by atoms with van der Waals surface area (Å²) in [7, 11) is 0. The first-order valence-electron chi connectivity index (χ1n) is 7.26. The average Bonchev–Trinajstić information content (AvgIpc) is 3.18. The summed E-state index contributed by atoms with van der Waals surface area (Å²) in [5.41, 5.74) is -2.07. The number of nitrogens with zero attached hydrogens (tertiary/aromatic N) is 3. The molecule has 114 valence electrons. The number of hydrogen-bond donors (Lipinski definition) is 1. The van der Waals surface area contributed by atoms with E-state index < -0.39 is 24.1 Å². The highest BCUT2D eigenvalue weighted by atomic mass is 19.1. The maximum atomic E-state index is 14.0. The largest absolute Gasteiger partial charge is 0.479 e. The van der Waals surface area contributed by atoms with E-state index >= 15 is 0 Å². The minimum Gasteiger partial charge on any atom is -0.479 e. The number of rotatable bonds is 3. The van der Waals surface area contributed by atoms with Gasteiger partial charge in [-0.1, -0.05) is 12.8 Å². The predicted octanol–water partition coefficient (Wildman–Crippen LogP) is 1.64. The van der Waals surface area contributed by atoms with Crippen LogP contribution in [0.25, 0.3) is 0 Å². The van der Waals surface area contributed by atoms with Gasteiger partial charge in [0.05, 0.1) is 12.6 Å². The molecule has 3 rings (SSSR count). The number of carbonyl (C=O) groups is 2. The quantitative estimate of drug-likeness (QED) is 0.919. The normalized spacial score (nSPS) is 26.4. The van der Waals surface area contributed by atoms with E-state index in [9.17, 15) is 14.0 Å². The van der Waals surface area contributed by atoms with Crippen molar-refractivity contribution in [1.82, 2.24) is 14.7 Å². The van der Waals surface area contributed by atoms with Gasteiger partial charge in [-0.05, 0) is 18.9 Å². The van der Waals surface area contributed by atoms with Crippen LogP contribution in [0.3, 0.4) is 0 Å². The van der Waals surface area contributed by atoms with Gasteiger partial charge in [-0.2, -0.15) is 5.10 Å². The van der Waals surface area contributed by atoms with Crippen LogP contribution in [0.4, 0.5) is 4.39 Å². The second kappa shape index (κ2) is 5.13. The average molecular weight is 295 g/mol. The second-order valence-electron chi connectivity index (χ2n) is 5.87. The molecule has 1 aliphatic carbocycles. The van der Waals surface area contributed by atoms with E-state index in [1.54, 1.807) is 16.9 Å². The first-order valence-corrected chi connectivity index (χ1v) is 7.26. The van der Waals surface area contributed by atoms with Crippen molar-refractivity contribution in [2.24, 2.45) is 0 Å². The number of aromatic nitrogens is 2. The molecule has 1 amide bonds. The Labute approximate surface area is 121 Å². The molecular weight excluding hydrogens is 277 g/mol. The summed E-state index contributed by atoms with van der Waals surface area (Å²) in [6.07, 6.45) is 6.07. The molecule has 6 nitrogen and oxygen atoms in total. The molecule has 1 saturated carbocycles. The summed E-state index contributed by atoms with van der Waals surface area (Å²) in [5.74, 6) is -1.90. The van der Waals surface area contributed by atoms with E-state index in [0.29, 0.717) is 6.04 Å². The lowest BCUT2D eigenvalue weighted by Gasteiger charge is -2.16. The number of hydrogen-bond acceptors (Lipinski definition) is 3. The van der Waals surface area contributed by atoms with Crippen molar-refractivity contribution in [3.63, 3.8) is 0 Å². The van der Waals surface area contributed by atoms with Crippen LogP contribution in [0.15, 0.2) is 12.3 Å². The Morgan fingerprint density at radius 2 is 2.10 bits per heavy atom. The zero-order chi connectivity index (χ0) is 15.0. The van der Waals surface area contributed by atoms with Crippen LogP contribution in [-0.4, -0.2) is 50.4 Å². The highest BCUT2D eigenvalue weighted by molar-refractivity contribution is 5.93. The number of carboxylic acid groups (broad SMARTS) is 1. The minimum absolute atomic E-state index is 0.109. The molecule has 0 radical (unpaired) electrons. The van der Waals surface area contributed by atoms with E-state index in [2.05, 4.69) is 5.10 Å². The summed E-state index contributed by atoms with van der Waals surface area (Å²) in [5, 5.41) is 13.1. The molecule has 2 fully saturated rings. The zero-order valence-corrected chi connectivity index (χ0v) is 11.7. The van der Waals surface area contributed by atoms with Crippen molar-refractivity contribution >= 4 is 11.9 Å². The van der Waals surface area contributed by atoms with Crippen LogP contribution < -0.4 is 0 Å². The number of halogens is 1. The Morgan fingerprint density at radius 1 is 1.38 bits per heavy atom. The van der Waals surface area contributed by atoms with Gasteiger partial charge in [-0.3, -0.25) is 9.48 Å². The molecule has 1 N–H and O–H groups in total. The Morgan fingerprint density at radius 3 is 2.71 bits per heavy atom. The fraction of sp³-hybridized carbons (Fsp3) is 0.643. The third-order valence-electron chi connectivity index (χ3n) is 4.42. The van der Waals surface area contributed by atoms with Gasteiger partial charge in [0.25, 0.3) is 5.91 Å². The maximum Gasteiger partial charge on any atom is 0.343 e. The Balaban J connectivity index is 1.70. The van der Waals surface area contributed by atoms with Gasteiger partial charge in [0, 0.05) is 19.2 Å². The Hall–Kier alpha value is -1.92. The second-order valence-corrected chi connectivity index (χ2v) is 5.87. The molecule has 1 aliphatic heterocycles. The number of alkyl halides is 1. The SMILES string of the molecule is O=C(c1ccn(C2CCCC2)n1)N1CCC(F)(C(=O)O)C1. The summed E-state index contributed by atoms with van der Waals surface area (Å²) < 4.78 is 15.8. The summed E-state index contributed by atoms with van der Waals surface area (Å²) in [4.78, 5) is 24.4. The number of likely N-dealkylation sites (tertiary alicyclic amines) is 1. The molecule has 1 aromatic rings. The predicted molar refractivity (Wildman–Crippen MR) is 71.7 cm³/mol. The summed E-state index contributed by atoms with van der Waals surface area (Å²) in [6, 6.07) is 1.96. The lowest BCUT2D eigenvalue weighted by Crippen LogP contribution is -2.39. The molecule has 1 saturated heterocycles. The van der Waals surface area contributed by atoms with Crippen molar-refractivity contribution in [2.45, 2.75) is 43.8 Å². The third kappa shape index (κ3) is 2.52.